The normalized spacial score (nSPS) is 18.1. The summed E-state index contributed by atoms with van der Waals surface area (Å²) in [6.07, 6.45) is 4.86. The molecule has 0 spiro atoms. The average Bonchev–Trinajstić information content (AvgIpc) is 2.70. The quantitative estimate of drug-likeness (QED) is 0.882. The Balaban J connectivity index is 1.72. The van der Waals surface area contributed by atoms with Gasteiger partial charge in [0.15, 0.2) is 4.96 Å². The van der Waals surface area contributed by atoms with E-state index >= 15 is 0 Å². The first kappa shape index (κ1) is 10.3. The van der Waals surface area contributed by atoms with Crippen molar-refractivity contribution in [2.24, 2.45) is 5.41 Å². The molecule has 0 saturated heterocycles. The van der Waals surface area contributed by atoms with Gasteiger partial charge in [0.05, 0.1) is 11.4 Å². The first-order valence-electron chi connectivity index (χ1n) is 5.80. The number of rotatable bonds is 4. The SMILES string of the molecule is Cc1nc2sccn2c1CNCC1(C)CC1. The minimum atomic E-state index is 0.576. The van der Waals surface area contributed by atoms with Gasteiger partial charge in [0, 0.05) is 24.7 Å². The van der Waals surface area contributed by atoms with E-state index in [0.717, 1.165) is 23.7 Å². The Morgan fingerprint density at radius 1 is 1.56 bits per heavy atom. The number of nitrogens with one attached hydrogen (secondary N) is 1. The van der Waals surface area contributed by atoms with Crippen molar-refractivity contribution in [3.8, 4) is 0 Å². The highest BCUT2D eigenvalue weighted by atomic mass is 32.1. The van der Waals surface area contributed by atoms with E-state index in [1.165, 1.54) is 18.5 Å². The third kappa shape index (κ3) is 1.76. The molecule has 16 heavy (non-hydrogen) atoms. The molecule has 0 aliphatic heterocycles. The molecule has 1 fully saturated rings. The van der Waals surface area contributed by atoms with E-state index in [1.54, 1.807) is 11.3 Å². The van der Waals surface area contributed by atoms with E-state index < -0.39 is 0 Å². The van der Waals surface area contributed by atoms with Gasteiger partial charge in [-0.1, -0.05) is 6.92 Å². The maximum Gasteiger partial charge on any atom is 0.194 e. The molecule has 86 valence electrons. The highest BCUT2D eigenvalue weighted by molar-refractivity contribution is 7.15. The Labute approximate surface area is 99.5 Å². The lowest BCUT2D eigenvalue weighted by molar-refractivity contribution is 0.495. The van der Waals surface area contributed by atoms with Crippen molar-refractivity contribution in [3.63, 3.8) is 0 Å². The molecule has 0 radical (unpaired) electrons. The Morgan fingerprint density at radius 3 is 3.12 bits per heavy atom. The fourth-order valence-corrected chi connectivity index (χ4v) is 2.81. The number of hydrogen-bond acceptors (Lipinski definition) is 3. The van der Waals surface area contributed by atoms with Gasteiger partial charge in [0.2, 0.25) is 0 Å². The van der Waals surface area contributed by atoms with Crippen LogP contribution in [0.25, 0.3) is 4.96 Å². The molecule has 2 aromatic heterocycles. The molecule has 3 nitrogen and oxygen atoms in total. The van der Waals surface area contributed by atoms with Gasteiger partial charge in [-0.2, -0.15) is 0 Å². The van der Waals surface area contributed by atoms with Crippen LogP contribution < -0.4 is 5.32 Å². The Morgan fingerprint density at radius 2 is 2.38 bits per heavy atom. The zero-order valence-electron chi connectivity index (χ0n) is 9.79. The molecule has 1 saturated carbocycles. The fourth-order valence-electron chi connectivity index (χ4n) is 2.03. The summed E-state index contributed by atoms with van der Waals surface area (Å²) in [7, 11) is 0. The van der Waals surface area contributed by atoms with E-state index in [4.69, 9.17) is 0 Å². The molecule has 4 heteroatoms. The van der Waals surface area contributed by atoms with Gasteiger partial charge in [-0.05, 0) is 25.2 Å². The van der Waals surface area contributed by atoms with Crippen molar-refractivity contribution in [2.45, 2.75) is 33.2 Å². The number of thiazole rings is 1. The van der Waals surface area contributed by atoms with Gasteiger partial charge in [0.25, 0.3) is 0 Å². The molecule has 2 heterocycles. The summed E-state index contributed by atoms with van der Waals surface area (Å²) in [4.78, 5) is 5.65. The number of hydrogen-bond donors (Lipinski definition) is 1. The Kier molecular flexibility index (Phi) is 2.30. The van der Waals surface area contributed by atoms with Crippen LogP contribution in [0.3, 0.4) is 0 Å². The van der Waals surface area contributed by atoms with Crippen LogP contribution in [0.1, 0.15) is 31.2 Å². The van der Waals surface area contributed by atoms with Crippen molar-refractivity contribution in [1.29, 1.82) is 0 Å². The first-order chi connectivity index (χ1) is 7.68. The van der Waals surface area contributed by atoms with Crippen molar-refractivity contribution < 1.29 is 0 Å². The lowest BCUT2D eigenvalue weighted by Gasteiger charge is -2.09. The number of aromatic nitrogens is 2. The standard InChI is InChI=1S/C12H17N3S/c1-9-10(7-13-8-12(2)3-4-12)15-5-6-16-11(15)14-9/h5-6,13H,3-4,7-8H2,1-2H3. The summed E-state index contributed by atoms with van der Waals surface area (Å²) >= 11 is 1.70. The molecule has 0 bridgehead atoms. The molecular weight excluding hydrogens is 218 g/mol. The van der Waals surface area contributed by atoms with Gasteiger partial charge < -0.3 is 5.32 Å². The molecule has 0 aromatic carbocycles. The highest BCUT2D eigenvalue weighted by Crippen LogP contribution is 2.44. The monoisotopic (exact) mass is 235 g/mol. The van der Waals surface area contributed by atoms with E-state index in [9.17, 15) is 0 Å². The second-order valence-electron chi connectivity index (χ2n) is 5.11. The second kappa shape index (κ2) is 3.57. The van der Waals surface area contributed by atoms with Crippen LogP contribution in [0.5, 0.6) is 0 Å². The zero-order chi connectivity index (χ0) is 11.2. The Hall–Kier alpha value is -0.870. The lowest BCUT2D eigenvalue weighted by Crippen LogP contribution is -2.22. The van der Waals surface area contributed by atoms with Gasteiger partial charge in [-0.25, -0.2) is 4.98 Å². The van der Waals surface area contributed by atoms with E-state index in [-0.39, 0.29) is 0 Å². The van der Waals surface area contributed by atoms with Crippen molar-refractivity contribution >= 4 is 16.3 Å². The van der Waals surface area contributed by atoms with Crippen LogP contribution >= 0.6 is 11.3 Å². The van der Waals surface area contributed by atoms with Crippen LogP contribution in [0, 0.1) is 12.3 Å². The Bertz CT molecular complexity index is 507. The highest BCUT2D eigenvalue weighted by Gasteiger charge is 2.36. The third-order valence-electron chi connectivity index (χ3n) is 3.51. The summed E-state index contributed by atoms with van der Waals surface area (Å²) in [5.41, 5.74) is 3.03. The first-order valence-corrected chi connectivity index (χ1v) is 6.68. The fraction of sp³-hybridized carbons (Fsp3) is 0.583. The predicted molar refractivity (Wildman–Crippen MR) is 66.9 cm³/mol. The summed E-state index contributed by atoms with van der Waals surface area (Å²) < 4.78 is 2.20. The van der Waals surface area contributed by atoms with Crippen molar-refractivity contribution in [1.82, 2.24) is 14.7 Å². The summed E-state index contributed by atoms with van der Waals surface area (Å²) in [6, 6.07) is 0. The molecule has 2 aromatic rings. The number of imidazole rings is 1. The smallest absolute Gasteiger partial charge is 0.194 e. The van der Waals surface area contributed by atoms with Crippen molar-refractivity contribution in [2.75, 3.05) is 6.54 Å². The topological polar surface area (TPSA) is 29.3 Å². The van der Waals surface area contributed by atoms with Crippen LogP contribution in [0.2, 0.25) is 0 Å². The van der Waals surface area contributed by atoms with Crippen LogP contribution in [0.15, 0.2) is 11.6 Å². The van der Waals surface area contributed by atoms with E-state index in [2.05, 4.69) is 40.1 Å². The summed E-state index contributed by atoms with van der Waals surface area (Å²) in [6.45, 7) is 6.50. The average molecular weight is 235 g/mol. The van der Waals surface area contributed by atoms with Crippen LogP contribution in [-0.2, 0) is 6.54 Å². The number of fused-ring (bicyclic) bond motifs is 1. The van der Waals surface area contributed by atoms with Crippen LogP contribution in [0.4, 0.5) is 0 Å². The molecular formula is C12H17N3S. The van der Waals surface area contributed by atoms with Gasteiger partial charge in [-0.15, -0.1) is 11.3 Å². The lowest BCUT2D eigenvalue weighted by atomic mass is 10.1. The largest absolute Gasteiger partial charge is 0.311 e. The zero-order valence-corrected chi connectivity index (χ0v) is 10.6. The van der Waals surface area contributed by atoms with Gasteiger partial charge in [0.1, 0.15) is 0 Å². The maximum absolute atomic E-state index is 4.55. The molecule has 0 amide bonds. The molecule has 3 rings (SSSR count). The summed E-state index contributed by atoms with van der Waals surface area (Å²) in [5.74, 6) is 0. The molecule has 1 aliphatic carbocycles. The molecule has 1 N–H and O–H groups in total. The summed E-state index contributed by atoms with van der Waals surface area (Å²) in [5, 5.41) is 5.65. The molecule has 1 aliphatic rings. The third-order valence-corrected chi connectivity index (χ3v) is 4.27. The van der Waals surface area contributed by atoms with Crippen LogP contribution in [-0.4, -0.2) is 15.9 Å². The van der Waals surface area contributed by atoms with Crippen molar-refractivity contribution in [3.05, 3.63) is 23.0 Å². The minimum Gasteiger partial charge on any atom is -0.311 e. The second-order valence-corrected chi connectivity index (χ2v) is 5.99. The van der Waals surface area contributed by atoms with E-state index in [0.29, 0.717) is 5.41 Å². The number of nitrogens with zero attached hydrogens (tertiary/aromatic N) is 2. The van der Waals surface area contributed by atoms with Gasteiger partial charge in [-0.3, -0.25) is 4.40 Å². The number of aryl methyl sites for hydroxylation is 1. The minimum absolute atomic E-state index is 0.576. The molecule has 0 unspecified atom stereocenters. The van der Waals surface area contributed by atoms with Gasteiger partial charge >= 0.3 is 0 Å². The van der Waals surface area contributed by atoms with E-state index in [1.807, 2.05) is 0 Å². The molecule has 0 atom stereocenters. The predicted octanol–water partition coefficient (Wildman–Crippen LogP) is 2.59. The maximum atomic E-state index is 4.55.